The van der Waals surface area contributed by atoms with E-state index in [0.717, 1.165) is 12.2 Å². The van der Waals surface area contributed by atoms with Crippen LogP contribution in [-0.4, -0.2) is 18.1 Å². The zero-order valence-corrected chi connectivity index (χ0v) is 14.5. The van der Waals surface area contributed by atoms with Crippen molar-refractivity contribution in [2.24, 2.45) is 11.3 Å². The van der Waals surface area contributed by atoms with Gasteiger partial charge in [-0.05, 0) is 51.9 Å². The van der Waals surface area contributed by atoms with Gasteiger partial charge in [0.1, 0.15) is 0 Å². The first-order valence-electron chi connectivity index (χ1n) is 7.64. The third-order valence-corrected chi connectivity index (χ3v) is 4.09. The smallest absolute Gasteiger partial charge is 0.0144 e. The van der Waals surface area contributed by atoms with Crippen LogP contribution in [0.2, 0.25) is 0 Å². The number of nitrogens with one attached hydrogen (secondary N) is 2. The minimum Gasteiger partial charge on any atom is -0.389 e. The van der Waals surface area contributed by atoms with Crippen LogP contribution < -0.4 is 10.6 Å². The molecule has 0 saturated heterocycles. The molecule has 2 N–H and O–H groups in total. The van der Waals surface area contributed by atoms with Crippen LogP contribution in [0.1, 0.15) is 68.2 Å². The Kier molecular flexibility index (Phi) is 7.13. The van der Waals surface area contributed by atoms with E-state index < -0.39 is 0 Å². The minimum absolute atomic E-state index is 0.165. The molecule has 0 radical (unpaired) electrons. The van der Waals surface area contributed by atoms with Gasteiger partial charge in [-0.3, -0.25) is 0 Å². The maximum absolute atomic E-state index is 3.88. The summed E-state index contributed by atoms with van der Waals surface area (Å²) in [5.74, 6) is 0.668. The summed E-state index contributed by atoms with van der Waals surface area (Å²) in [5, 5.41) is 7.14. The first-order valence-corrected chi connectivity index (χ1v) is 7.64. The SMILES string of the molecule is C=C(C)NCCCC(NC(C)(C)C)C(C)(C)C(C)C. The molecule has 0 aromatic rings. The molecule has 0 bridgehead atoms. The van der Waals surface area contributed by atoms with Crippen molar-refractivity contribution in [1.29, 1.82) is 0 Å². The molecular weight excluding hydrogens is 232 g/mol. The molecule has 2 heteroatoms. The zero-order chi connectivity index (χ0) is 15.3. The van der Waals surface area contributed by atoms with Crippen LogP contribution in [0.15, 0.2) is 12.3 Å². The average Bonchev–Trinajstić information content (AvgIpc) is 2.20. The highest BCUT2D eigenvalue weighted by molar-refractivity contribution is 4.91. The molecule has 0 aliphatic heterocycles. The first kappa shape index (κ1) is 18.5. The van der Waals surface area contributed by atoms with Gasteiger partial charge < -0.3 is 10.6 Å². The average molecular weight is 268 g/mol. The Balaban J connectivity index is 4.56. The van der Waals surface area contributed by atoms with E-state index in [1.165, 1.54) is 12.8 Å². The topological polar surface area (TPSA) is 24.1 Å². The summed E-state index contributed by atoms with van der Waals surface area (Å²) in [6.07, 6.45) is 2.37. The van der Waals surface area contributed by atoms with Gasteiger partial charge in [0.15, 0.2) is 0 Å². The van der Waals surface area contributed by atoms with Crippen molar-refractivity contribution in [3.8, 4) is 0 Å². The Morgan fingerprint density at radius 1 is 1.11 bits per heavy atom. The van der Waals surface area contributed by atoms with Gasteiger partial charge in [-0.1, -0.05) is 34.3 Å². The quantitative estimate of drug-likeness (QED) is 0.640. The predicted octanol–water partition coefficient (Wildman–Crippen LogP) is 4.33. The van der Waals surface area contributed by atoms with E-state index in [1.807, 2.05) is 6.92 Å². The highest BCUT2D eigenvalue weighted by Crippen LogP contribution is 2.33. The molecule has 0 aliphatic carbocycles. The molecule has 0 heterocycles. The molecule has 1 atom stereocenters. The van der Waals surface area contributed by atoms with E-state index in [-0.39, 0.29) is 5.54 Å². The standard InChI is InChI=1S/C17H36N2/c1-13(2)17(8,9)15(19-16(5,6)7)11-10-12-18-14(3)4/h13,15,18-19H,3,10-12H2,1-2,4-9H3. The molecule has 0 spiro atoms. The highest BCUT2D eigenvalue weighted by Gasteiger charge is 2.34. The van der Waals surface area contributed by atoms with Crippen molar-refractivity contribution < 1.29 is 0 Å². The van der Waals surface area contributed by atoms with Crippen molar-refractivity contribution in [2.45, 2.75) is 79.8 Å². The number of rotatable bonds is 8. The number of allylic oxidation sites excluding steroid dienone is 1. The van der Waals surface area contributed by atoms with Crippen LogP contribution in [0.4, 0.5) is 0 Å². The Hall–Kier alpha value is -0.500. The van der Waals surface area contributed by atoms with Crippen molar-refractivity contribution in [2.75, 3.05) is 6.54 Å². The third kappa shape index (κ3) is 7.61. The van der Waals surface area contributed by atoms with Crippen LogP contribution in [0.25, 0.3) is 0 Å². The van der Waals surface area contributed by atoms with Gasteiger partial charge >= 0.3 is 0 Å². The maximum Gasteiger partial charge on any atom is 0.0144 e. The van der Waals surface area contributed by atoms with Gasteiger partial charge in [0, 0.05) is 23.8 Å². The van der Waals surface area contributed by atoms with E-state index in [1.54, 1.807) is 0 Å². The number of hydrogen-bond donors (Lipinski definition) is 2. The molecule has 0 aliphatic rings. The zero-order valence-electron chi connectivity index (χ0n) is 14.5. The summed E-state index contributed by atoms with van der Waals surface area (Å²) < 4.78 is 0. The fourth-order valence-corrected chi connectivity index (χ4v) is 2.16. The molecule has 1 unspecified atom stereocenters. The molecule has 0 aromatic carbocycles. The third-order valence-electron chi connectivity index (χ3n) is 4.09. The fourth-order valence-electron chi connectivity index (χ4n) is 2.16. The summed E-state index contributed by atoms with van der Waals surface area (Å²) in [6, 6.07) is 0.541. The lowest BCUT2D eigenvalue weighted by Gasteiger charge is -2.42. The second kappa shape index (κ2) is 7.33. The van der Waals surface area contributed by atoms with Crippen molar-refractivity contribution in [3.05, 3.63) is 12.3 Å². The van der Waals surface area contributed by atoms with Crippen LogP contribution in [0.3, 0.4) is 0 Å². The number of hydrogen-bond acceptors (Lipinski definition) is 2. The molecule has 0 saturated carbocycles. The Bertz CT molecular complexity index is 271. The Morgan fingerprint density at radius 2 is 1.63 bits per heavy atom. The fraction of sp³-hybridized carbons (Fsp3) is 0.882. The normalized spacial score (nSPS) is 14.6. The van der Waals surface area contributed by atoms with Crippen LogP contribution in [0.5, 0.6) is 0 Å². The molecule has 0 amide bonds. The summed E-state index contributed by atoms with van der Waals surface area (Å²) in [5.41, 5.74) is 1.53. The van der Waals surface area contributed by atoms with Crippen molar-refractivity contribution in [3.63, 3.8) is 0 Å². The van der Waals surface area contributed by atoms with Gasteiger partial charge in [-0.2, -0.15) is 0 Å². The van der Waals surface area contributed by atoms with Gasteiger partial charge in [-0.25, -0.2) is 0 Å². The Labute approximate surface area is 121 Å². The summed E-state index contributed by atoms with van der Waals surface area (Å²) in [6.45, 7) is 23.1. The van der Waals surface area contributed by atoms with Gasteiger partial charge in [0.2, 0.25) is 0 Å². The van der Waals surface area contributed by atoms with Crippen molar-refractivity contribution >= 4 is 0 Å². The lowest BCUT2D eigenvalue weighted by atomic mass is 9.72. The van der Waals surface area contributed by atoms with Crippen LogP contribution in [-0.2, 0) is 0 Å². The molecule has 114 valence electrons. The molecule has 19 heavy (non-hydrogen) atoms. The van der Waals surface area contributed by atoms with Gasteiger partial charge in [0.25, 0.3) is 0 Å². The van der Waals surface area contributed by atoms with E-state index in [2.05, 4.69) is 65.7 Å². The van der Waals surface area contributed by atoms with Crippen LogP contribution in [0, 0.1) is 11.3 Å². The second-order valence-electron chi connectivity index (χ2n) is 7.77. The largest absolute Gasteiger partial charge is 0.389 e. The molecule has 0 rings (SSSR count). The monoisotopic (exact) mass is 268 g/mol. The predicted molar refractivity (Wildman–Crippen MR) is 87.3 cm³/mol. The second-order valence-corrected chi connectivity index (χ2v) is 7.77. The maximum atomic E-state index is 3.88. The van der Waals surface area contributed by atoms with E-state index in [4.69, 9.17) is 0 Å². The molecule has 0 aromatic heterocycles. The lowest BCUT2D eigenvalue weighted by molar-refractivity contribution is 0.131. The van der Waals surface area contributed by atoms with Crippen LogP contribution >= 0.6 is 0 Å². The Morgan fingerprint density at radius 3 is 2.00 bits per heavy atom. The van der Waals surface area contributed by atoms with E-state index in [9.17, 15) is 0 Å². The molecular formula is C17H36N2. The van der Waals surface area contributed by atoms with Gasteiger partial charge in [-0.15, -0.1) is 0 Å². The molecule has 0 fully saturated rings. The van der Waals surface area contributed by atoms with Crippen molar-refractivity contribution in [1.82, 2.24) is 10.6 Å². The minimum atomic E-state index is 0.165. The highest BCUT2D eigenvalue weighted by atomic mass is 15.0. The molecule has 2 nitrogen and oxygen atoms in total. The summed E-state index contributed by atoms with van der Waals surface area (Å²) in [4.78, 5) is 0. The first-order chi connectivity index (χ1) is 8.47. The summed E-state index contributed by atoms with van der Waals surface area (Å²) in [7, 11) is 0. The summed E-state index contributed by atoms with van der Waals surface area (Å²) >= 11 is 0. The van der Waals surface area contributed by atoms with Gasteiger partial charge in [0.05, 0.1) is 0 Å². The van der Waals surface area contributed by atoms with E-state index >= 15 is 0 Å². The van der Waals surface area contributed by atoms with E-state index in [0.29, 0.717) is 17.4 Å². The lowest BCUT2D eigenvalue weighted by Crippen LogP contribution is -2.52.